The lowest BCUT2D eigenvalue weighted by Crippen LogP contribution is -2.23. The van der Waals surface area contributed by atoms with E-state index in [9.17, 15) is 0 Å². The van der Waals surface area contributed by atoms with Crippen molar-refractivity contribution >= 4 is 44.6 Å². The van der Waals surface area contributed by atoms with Crippen LogP contribution in [0.2, 0.25) is 0 Å². The van der Waals surface area contributed by atoms with Crippen LogP contribution in [0.4, 0.5) is 22.7 Å². The third-order valence-electron chi connectivity index (χ3n) is 9.69. The van der Waals surface area contributed by atoms with E-state index in [2.05, 4.69) is 180 Å². The maximum Gasteiger partial charge on any atom is 0.138 e. The van der Waals surface area contributed by atoms with E-state index < -0.39 is 0 Å². The SMILES string of the molecule is CC(C)c1ccccc1-c1ccnc(-n2c3ccccc3c3ccc(Oc4cccc(N5CN(c6ccccc6)c6ccccc65)c4)cc32)c1. The Morgan fingerprint density at radius 2 is 1.24 bits per heavy atom. The predicted molar refractivity (Wildman–Crippen MR) is 207 cm³/mol. The number of pyridine rings is 1. The molecule has 1 aliphatic rings. The number of ether oxygens (including phenoxy) is 1. The van der Waals surface area contributed by atoms with Crippen molar-refractivity contribution < 1.29 is 4.74 Å². The first kappa shape index (κ1) is 29.8. The number of para-hydroxylation sites is 4. The standard InChI is InChI=1S/C45H36N4O/c1-31(2)37-17-6-7-18-38(37)32-25-26-46-45(27-32)49-41-20-9-8-19-39(41)40-24-23-36(29-44(40)49)50-35-16-12-15-34(28-35)48-30-47(33-13-4-3-5-14-33)42-21-10-11-22-43(42)48/h3-29,31H,30H2,1-2H3. The highest BCUT2D eigenvalue weighted by molar-refractivity contribution is 6.09. The van der Waals surface area contributed by atoms with Gasteiger partial charge in [-0.15, -0.1) is 0 Å². The molecule has 50 heavy (non-hydrogen) atoms. The fourth-order valence-electron chi connectivity index (χ4n) is 7.35. The zero-order chi connectivity index (χ0) is 33.6. The summed E-state index contributed by atoms with van der Waals surface area (Å²) in [5.74, 6) is 2.85. The summed E-state index contributed by atoms with van der Waals surface area (Å²) < 4.78 is 8.89. The highest BCUT2D eigenvalue weighted by Gasteiger charge is 2.28. The summed E-state index contributed by atoms with van der Waals surface area (Å²) in [5.41, 5.74) is 10.5. The van der Waals surface area contributed by atoms with Gasteiger partial charge in [0, 0.05) is 40.5 Å². The van der Waals surface area contributed by atoms with Crippen molar-refractivity contribution in [3.63, 3.8) is 0 Å². The van der Waals surface area contributed by atoms with Gasteiger partial charge in [-0.1, -0.05) is 92.7 Å². The molecule has 0 aliphatic carbocycles. The molecule has 0 fully saturated rings. The number of rotatable bonds is 7. The Morgan fingerprint density at radius 3 is 2.08 bits per heavy atom. The van der Waals surface area contributed by atoms with E-state index >= 15 is 0 Å². The average molecular weight is 649 g/mol. The summed E-state index contributed by atoms with van der Waals surface area (Å²) in [7, 11) is 0. The fourth-order valence-corrected chi connectivity index (χ4v) is 7.35. The van der Waals surface area contributed by atoms with Crippen molar-refractivity contribution in [1.29, 1.82) is 0 Å². The Balaban J connectivity index is 1.09. The summed E-state index contributed by atoms with van der Waals surface area (Å²) in [6.45, 7) is 5.20. The number of anilines is 4. The van der Waals surface area contributed by atoms with E-state index in [1.807, 2.05) is 12.3 Å². The van der Waals surface area contributed by atoms with Gasteiger partial charge in [0.05, 0.1) is 22.4 Å². The van der Waals surface area contributed by atoms with Crippen LogP contribution in [-0.2, 0) is 0 Å². The summed E-state index contributed by atoms with van der Waals surface area (Å²) in [4.78, 5) is 9.60. The topological polar surface area (TPSA) is 33.5 Å². The van der Waals surface area contributed by atoms with Crippen LogP contribution < -0.4 is 14.5 Å². The van der Waals surface area contributed by atoms with Gasteiger partial charge in [0.1, 0.15) is 24.0 Å². The van der Waals surface area contributed by atoms with Crippen LogP contribution in [0.5, 0.6) is 11.5 Å². The zero-order valence-electron chi connectivity index (χ0n) is 28.1. The molecule has 2 aromatic heterocycles. The zero-order valence-corrected chi connectivity index (χ0v) is 28.1. The second-order valence-corrected chi connectivity index (χ2v) is 13.1. The predicted octanol–water partition coefficient (Wildman–Crippen LogP) is 12.0. The summed E-state index contributed by atoms with van der Waals surface area (Å²) >= 11 is 0. The van der Waals surface area contributed by atoms with Crippen molar-refractivity contribution in [1.82, 2.24) is 9.55 Å². The first-order valence-corrected chi connectivity index (χ1v) is 17.2. The van der Waals surface area contributed by atoms with Crippen LogP contribution in [0.25, 0.3) is 38.8 Å². The van der Waals surface area contributed by atoms with Crippen LogP contribution in [0.3, 0.4) is 0 Å². The Labute approximate surface area is 292 Å². The fraction of sp³-hybridized carbons (Fsp3) is 0.0889. The molecule has 0 bridgehead atoms. The van der Waals surface area contributed by atoms with E-state index in [-0.39, 0.29) is 0 Å². The molecule has 6 aromatic carbocycles. The molecule has 242 valence electrons. The second-order valence-electron chi connectivity index (χ2n) is 13.1. The van der Waals surface area contributed by atoms with Gasteiger partial charge in [-0.05, 0) is 89.3 Å². The third kappa shape index (κ3) is 5.15. The number of benzene rings is 6. The summed E-state index contributed by atoms with van der Waals surface area (Å²) in [5, 5.41) is 2.34. The number of hydrogen-bond acceptors (Lipinski definition) is 4. The minimum atomic E-state index is 0.414. The molecule has 8 aromatic rings. The molecule has 0 spiro atoms. The lowest BCUT2D eigenvalue weighted by atomic mass is 9.93. The first-order valence-electron chi connectivity index (χ1n) is 17.2. The third-order valence-corrected chi connectivity index (χ3v) is 9.69. The van der Waals surface area contributed by atoms with Gasteiger partial charge in [0.2, 0.25) is 0 Å². The summed E-state index contributed by atoms with van der Waals surface area (Å²) in [6, 6.07) is 55.4. The van der Waals surface area contributed by atoms with Crippen molar-refractivity contribution in [2.45, 2.75) is 19.8 Å². The van der Waals surface area contributed by atoms with E-state index in [1.165, 1.54) is 33.6 Å². The Bertz CT molecular complexity index is 2500. The van der Waals surface area contributed by atoms with Gasteiger partial charge in [0.25, 0.3) is 0 Å². The van der Waals surface area contributed by atoms with Gasteiger partial charge in [-0.25, -0.2) is 4.98 Å². The Hall–Kier alpha value is -6.33. The van der Waals surface area contributed by atoms with Crippen LogP contribution in [-0.4, -0.2) is 16.2 Å². The number of hydrogen-bond donors (Lipinski definition) is 0. The van der Waals surface area contributed by atoms with Crippen LogP contribution in [0, 0.1) is 0 Å². The quantitative estimate of drug-likeness (QED) is 0.172. The number of nitrogens with zero attached hydrogens (tertiary/aromatic N) is 4. The molecule has 0 unspecified atom stereocenters. The second kappa shape index (κ2) is 12.3. The van der Waals surface area contributed by atoms with Crippen molar-refractivity contribution in [3.05, 3.63) is 169 Å². The molecule has 0 saturated heterocycles. The summed E-state index contributed by atoms with van der Waals surface area (Å²) in [6.07, 6.45) is 1.92. The van der Waals surface area contributed by atoms with Crippen LogP contribution in [0.1, 0.15) is 25.3 Å². The minimum absolute atomic E-state index is 0.414. The lowest BCUT2D eigenvalue weighted by molar-refractivity contribution is 0.483. The molecule has 3 heterocycles. The highest BCUT2D eigenvalue weighted by atomic mass is 16.5. The normalized spacial score (nSPS) is 12.6. The van der Waals surface area contributed by atoms with Crippen molar-refractivity contribution in [2.24, 2.45) is 0 Å². The maximum absolute atomic E-state index is 6.63. The monoisotopic (exact) mass is 648 g/mol. The molecular formula is C45H36N4O. The van der Waals surface area contributed by atoms with Crippen LogP contribution in [0.15, 0.2) is 164 Å². The number of fused-ring (bicyclic) bond motifs is 4. The molecule has 0 saturated carbocycles. The molecule has 5 nitrogen and oxygen atoms in total. The van der Waals surface area contributed by atoms with Gasteiger partial charge < -0.3 is 14.5 Å². The molecule has 0 radical (unpaired) electrons. The maximum atomic E-state index is 6.63. The molecule has 0 atom stereocenters. The van der Waals surface area contributed by atoms with Gasteiger partial charge in [0.15, 0.2) is 0 Å². The molecular weight excluding hydrogens is 613 g/mol. The van der Waals surface area contributed by atoms with Crippen molar-refractivity contribution in [2.75, 3.05) is 16.5 Å². The van der Waals surface area contributed by atoms with E-state index in [0.29, 0.717) is 12.6 Å². The molecule has 0 N–H and O–H groups in total. The Morgan fingerprint density at radius 1 is 0.560 bits per heavy atom. The lowest BCUT2D eigenvalue weighted by Gasteiger charge is -2.22. The number of aromatic nitrogens is 2. The molecule has 1 aliphatic heterocycles. The van der Waals surface area contributed by atoms with Gasteiger partial charge in [-0.3, -0.25) is 4.57 Å². The first-order chi connectivity index (χ1) is 24.6. The minimum Gasteiger partial charge on any atom is -0.457 e. The molecule has 5 heteroatoms. The van der Waals surface area contributed by atoms with E-state index in [4.69, 9.17) is 9.72 Å². The van der Waals surface area contributed by atoms with Crippen molar-refractivity contribution in [3.8, 4) is 28.4 Å². The average Bonchev–Trinajstić information content (AvgIpc) is 3.71. The molecule has 0 amide bonds. The molecule has 9 rings (SSSR count). The largest absolute Gasteiger partial charge is 0.457 e. The highest BCUT2D eigenvalue weighted by Crippen LogP contribution is 2.45. The van der Waals surface area contributed by atoms with Gasteiger partial charge in [-0.2, -0.15) is 0 Å². The smallest absolute Gasteiger partial charge is 0.138 e. The van der Waals surface area contributed by atoms with Gasteiger partial charge >= 0.3 is 0 Å². The van der Waals surface area contributed by atoms with E-state index in [1.54, 1.807) is 0 Å². The van der Waals surface area contributed by atoms with Crippen LogP contribution >= 0.6 is 0 Å². The van der Waals surface area contributed by atoms with E-state index in [0.717, 1.165) is 45.0 Å². The Kier molecular flexibility index (Phi) is 7.32.